The summed E-state index contributed by atoms with van der Waals surface area (Å²) in [5, 5.41) is 9.21. The summed E-state index contributed by atoms with van der Waals surface area (Å²) < 4.78 is 13.6. The van der Waals surface area contributed by atoms with Crippen LogP contribution in [0.3, 0.4) is 0 Å². The first-order valence-corrected chi connectivity index (χ1v) is 6.34. The molecule has 1 aliphatic rings. The van der Waals surface area contributed by atoms with E-state index in [4.69, 9.17) is 16.7 Å². The number of carboxylic acid groups (broad SMARTS) is 1. The van der Waals surface area contributed by atoms with Gasteiger partial charge >= 0.3 is 5.97 Å². The number of rotatable bonds is 6. The molecule has 0 saturated heterocycles. The highest BCUT2D eigenvalue weighted by Gasteiger charge is 2.29. The monoisotopic (exact) mass is 271 g/mol. The average molecular weight is 272 g/mol. The van der Waals surface area contributed by atoms with Gasteiger partial charge in [-0.25, -0.2) is 4.39 Å². The normalized spacial score (nSPS) is 15.1. The molecular formula is C13H15ClFNO2. The second-order valence-corrected chi connectivity index (χ2v) is 5.02. The second kappa shape index (κ2) is 5.67. The van der Waals surface area contributed by atoms with E-state index in [-0.39, 0.29) is 12.2 Å². The van der Waals surface area contributed by atoms with Crippen molar-refractivity contribution in [3.63, 3.8) is 0 Å². The lowest BCUT2D eigenvalue weighted by Gasteiger charge is -2.21. The molecule has 1 saturated carbocycles. The molecule has 0 spiro atoms. The predicted molar refractivity (Wildman–Crippen MR) is 67.1 cm³/mol. The third kappa shape index (κ3) is 3.68. The van der Waals surface area contributed by atoms with Gasteiger partial charge in [0.15, 0.2) is 0 Å². The van der Waals surface area contributed by atoms with Gasteiger partial charge in [0.05, 0.1) is 6.42 Å². The van der Waals surface area contributed by atoms with Gasteiger partial charge in [-0.1, -0.05) is 11.6 Å². The van der Waals surface area contributed by atoms with Crippen LogP contribution >= 0.6 is 11.6 Å². The Kier molecular flexibility index (Phi) is 4.19. The first-order chi connectivity index (χ1) is 8.56. The van der Waals surface area contributed by atoms with Crippen molar-refractivity contribution in [2.45, 2.75) is 31.8 Å². The Balaban J connectivity index is 2.03. The smallest absolute Gasteiger partial charge is 0.304 e. The number of benzene rings is 1. The van der Waals surface area contributed by atoms with Crippen molar-refractivity contribution in [2.24, 2.45) is 0 Å². The Bertz CT molecular complexity index is 449. The second-order valence-electron chi connectivity index (χ2n) is 4.58. The van der Waals surface area contributed by atoms with Crippen molar-refractivity contribution >= 4 is 17.6 Å². The highest BCUT2D eigenvalue weighted by molar-refractivity contribution is 6.30. The van der Waals surface area contributed by atoms with Crippen molar-refractivity contribution in [1.82, 2.24) is 4.90 Å². The summed E-state index contributed by atoms with van der Waals surface area (Å²) >= 11 is 5.84. The van der Waals surface area contributed by atoms with E-state index in [1.807, 2.05) is 4.90 Å². The Labute approximate surface area is 110 Å². The molecule has 1 aromatic rings. The van der Waals surface area contributed by atoms with Crippen LogP contribution in [0.5, 0.6) is 0 Å². The van der Waals surface area contributed by atoms with Crippen molar-refractivity contribution in [3.8, 4) is 0 Å². The molecule has 0 atom stereocenters. The van der Waals surface area contributed by atoms with Crippen molar-refractivity contribution in [3.05, 3.63) is 34.6 Å². The van der Waals surface area contributed by atoms with Gasteiger partial charge in [0.1, 0.15) is 5.82 Å². The van der Waals surface area contributed by atoms with Crippen LogP contribution in [0.1, 0.15) is 24.8 Å². The molecule has 3 nitrogen and oxygen atoms in total. The van der Waals surface area contributed by atoms with E-state index in [1.54, 1.807) is 6.07 Å². The summed E-state index contributed by atoms with van der Waals surface area (Å²) in [5.74, 6) is -1.12. The zero-order valence-corrected chi connectivity index (χ0v) is 10.7. The molecule has 1 N–H and O–H groups in total. The molecule has 5 heteroatoms. The molecule has 0 heterocycles. The van der Waals surface area contributed by atoms with E-state index >= 15 is 0 Å². The SMILES string of the molecule is O=C(O)CCN(Cc1cc(Cl)ccc1F)C1CC1. The van der Waals surface area contributed by atoms with E-state index in [9.17, 15) is 9.18 Å². The van der Waals surface area contributed by atoms with Crippen LogP contribution in [0, 0.1) is 5.82 Å². The molecule has 0 aromatic heterocycles. The van der Waals surface area contributed by atoms with Crippen LogP contribution in [0.2, 0.25) is 5.02 Å². The summed E-state index contributed by atoms with van der Waals surface area (Å²) in [4.78, 5) is 12.6. The Morgan fingerprint density at radius 2 is 2.22 bits per heavy atom. The van der Waals surface area contributed by atoms with Gasteiger partial charge in [0, 0.05) is 29.7 Å². The minimum absolute atomic E-state index is 0.0820. The number of carboxylic acids is 1. The van der Waals surface area contributed by atoms with Gasteiger partial charge in [-0.2, -0.15) is 0 Å². The summed E-state index contributed by atoms with van der Waals surface area (Å²) in [6.07, 6.45) is 2.20. The molecule has 0 amide bonds. The van der Waals surface area contributed by atoms with E-state index in [0.29, 0.717) is 29.7 Å². The first kappa shape index (κ1) is 13.3. The molecule has 1 aromatic carbocycles. The molecule has 0 radical (unpaired) electrons. The molecule has 98 valence electrons. The summed E-state index contributed by atoms with van der Waals surface area (Å²) in [6.45, 7) is 0.871. The first-order valence-electron chi connectivity index (χ1n) is 5.96. The van der Waals surface area contributed by atoms with Crippen LogP contribution in [0.25, 0.3) is 0 Å². The molecule has 18 heavy (non-hydrogen) atoms. The van der Waals surface area contributed by atoms with E-state index in [0.717, 1.165) is 12.8 Å². The number of hydrogen-bond donors (Lipinski definition) is 1. The fourth-order valence-corrected chi connectivity index (χ4v) is 2.15. The molecule has 0 unspecified atom stereocenters. The maximum absolute atomic E-state index is 13.6. The van der Waals surface area contributed by atoms with Crippen molar-refractivity contribution in [2.75, 3.05) is 6.54 Å². The van der Waals surface area contributed by atoms with Crippen molar-refractivity contribution in [1.29, 1.82) is 0 Å². The van der Waals surface area contributed by atoms with Crippen LogP contribution in [-0.4, -0.2) is 28.6 Å². The molecule has 1 aliphatic carbocycles. The maximum Gasteiger partial charge on any atom is 0.304 e. The van der Waals surface area contributed by atoms with Gasteiger partial charge in [-0.15, -0.1) is 0 Å². The topological polar surface area (TPSA) is 40.5 Å². The lowest BCUT2D eigenvalue weighted by Crippen LogP contribution is -2.28. The number of halogens is 2. The minimum atomic E-state index is -0.827. The Morgan fingerprint density at radius 3 is 2.83 bits per heavy atom. The minimum Gasteiger partial charge on any atom is -0.481 e. The summed E-state index contributed by atoms with van der Waals surface area (Å²) in [5.41, 5.74) is 0.528. The quantitative estimate of drug-likeness (QED) is 0.865. The largest absolute Gasteiger partial charge is 0.481 e. The number of hydrogen-bond acceptors (Lipinski definition) is 2. The molecule has 0 aliphatic heterocycles. The number of aliphatic carboxylic acids is 1. The highest BCUT2D eigenvalue weighted by Crippen LogP contribution is 2.29. The molecule has 2 rings (SSSR count). The van der Waals surface area contributed by atoms with Gasteiger partial charge < -0.3 is 5.11 Å². The summed E-state index contributed by atoms with van der Waals surface area (Å²) in [6, 6.07) is 4.86. The Hall–Kier alpha value is -1.13. The fraction of sp³-hybridized carbons (Fsp3) is 0.462. The van der Waals surface area contributed by atoms with Crippen LogP contribution in [0.4, 0.5) is 4.39 Å². The van der Waals surface area contributed by atoms with Gasteiger partial charge in [0.25, 0.3) is 0 Å². The van der Waals surface area contributed by atoms with E-state index in [1.165, 1.54) is 12.1 Å². The summed E-state index contributed by atoms with van der Waals surface area (Å²) in [7, 11) is 0. The van der Waals surface area contributed by atoms with Crippen molar-refractivity contribution < 1.29 is 14.3 Å². The fourth-order valence-electron chi connectivity index (χ4n) is 1.95. The number of carbonyl (C=O) groups is 1. The van der Waals surface area contributed by atoms with Crippen LogP contribution in [0.15, 0.2) is 18.2 Å². The highest BCUT2D eigenvalue weighted by atomic mass is 35.5. The van der Waals surface area contributed by atoms with Gasteiger partial charge in [-0.3, -0.25) is 9.69 Å². The average Bonchev–Trinajstić information content (AvgIpc) is 3.12. The number of nitrogens with zero attached hydrogens (tertiary/aromatic N) is 1. The zero-order valence-electron chi connectivity index (χ0n) is 9.90. The lowest BCUT2D eigenvalue weighted by molar-refractivity contribution is -0.137. The van der Waals surface area contributed by atoms with E-state index in [2.05, 4.69) is 0 Å². The lowest BCUT2D eigenvalue weighted by atomic mass is 10.2. The van der Waals surface area contributed by atoms with Crippen LogP contribution < -0.4 is 0 Å². The van der Waals surface area contributed by atoms with Gasteiger partial charge in [-0.05, 0) is 31.0 Å². The molecule has 1 fully saturated rings. The van der Waals surface area contributed by atoms with Crippen LogP contribution in [-0.2, 0) is 11.3 Å². The third-order valence-electron chi connectivity index (χ3n) is 3.06. The standard InChI is InChI=1S/C13H15ClFNO2/c14-10-1-4-12(15)9(7-10)8-16(11-2-3-11)6-5-13(17)18/h1,4,7,11H,2-3,5-6,8H2,(H,17,18). The van der Waals surface area contributed by atoms with Gasteiger partial charge in [0.2, 0.25) is 0 Å². The molecule has 0 bridgehead atoms. The Morgan fingerprint density at radius 1 is 1.50 bits per heavy atom. The van der Waals surface area contributed by atoms with E-state index < -0.39 is 5.97 Å². The maximum atomic E-state index is 13.6. The zero-order chi connectivity index (χ0) is 13.1. The molecular weight excluding hydrogens is 257 g/mol. The predicted octanol–water partition coefficient (Wildman–Crippen LogP) is 2.92. The third-order valence-corrected chi connectivity index (χ3v) is 3.29.